The van der Waals surface area contributed by atoms with Gasteiger partial charge in [-0.1, -0.05) is 32.0 Å². The average molecular weight is 261 g/mol. The smallest absolute Gasteiger partial charge is 0.319 e. The van der Waals surface area contributed by atoms with Crippen molar-refractivity contribution >= 4 is 11.7 Å². The molecule has 1 aromatic carbocycles. The van der Waals surface area contributed by atoms with Crippen LogP contribution < -0.4 is 10.6 Å². The number of nitrogens with zero attached hydrogens (tertiary/aromatic N) is 1. The zero-order valence-corrected chi connectivity index (χ0v) is 11.7. The molecule has 0 spiro atoms. The van der Waals surface area contributed by atoms with Crippen molar-refractivity contribution < 1.29 is 4.79 Å². The third-order valence-corrected chi connectivity index (χ3v) is 3.81. The molecule has 104 valence electrons. The molecule has 2 rings (SSSR count). The molecule has 1 saturated heterocycles. The fourth-order valence-corrected chi connectivity index (χ4v) is 2.46. The minimum Gasteiger partial charge on any atom is -0.337 e. The molecule has 1 aliphatic heterocycles. The molecule has 19 heavy (non-hydrogen) atoms. The third-order valence-electron chi connectivity index (χ3n) is 3.81. The lowest BCUT2D eigenvalue weighted by Crippen LogP contribution is -2.36. The van der Waals surface area contributed by atoms with Gasteiger partial charge in [-0.2, -0.15) is 0 Å². The van der Waals surface area contributed by atoms with E-state index >= 15 is 0 Å². The molecular weight excluding hydrogens is 238 g/mol. The summed E-state index contributed by atoms with van der Waals surface area (Å²) in [4.78, 5) is 14.1. The minimum absolute atomic E-state index is 0.133. The highest BCUT2D eigenvalue weighted by Gasteiger charge is 2.25. The molecule has 1 aliphatic rings. The monoisotopic (exact) mass is 261 g/mol. The molecule has 1 heterocycles. The molecule has 2 unspecified atom stereocenters. The molecule has 1 fully saturated rings. The van der Waals surface area contributed by atoms with Gasteiger partial charge in [0.15, 0.2) is 0 Å². The van der Waals surface area contributed by atoms with Crippen molar-refractivity contribution in [1.29, 1.82) is 0 Å². The van der Waals surface area contributed by atoms with E-state index in [1.165, 1.54) is 0 Å². The summed E-state index contributed by atoms with van der Waals surface area (Å²) in [5.74, 6) is 1.52. The Balaban J connectivity index is 1.65. The van der Waals surface area contributed by atoms with Gasteiger partial charge in [-0.15, -0.1) is 0 Å². The van der Waals surface area contributed by atoms with Crippen LogP contribution in [-0.4, -0.2) is 37.1 Å². The first-order valence-corrected chi connectivity index (χ1v) is 6.97. The van der Waals surface area contributed by atoms with Crippen LogP contribution in [0.3, 0.4) is 0 Å². The van der Waals surface area contributed by atoms with Gasteiger partial charge in [-0.3, -0.25) is 0 Å². The highest BCUT2D eigenvalue weighted by molar-refractivity contribution is 5.89. The Morgan fingerprint density at radius 2 is 1.84 bits per heavy atom. The molecule has 0 bridgehead atoms. The van der Waals surface area contributed by atoms with Gasteiger partial charge in [-0.05, 0) is 24.0 Å². The molecule has 0 aromatic heterocycles. The molecule has 0 radical (unpaired) electrons. The number of amides is 2. The molecular formula is C15H23N3O. The first-order chi connectivity index (χ1) is 9.15. The number of hydrogen-bond acceptors (Lipinski definition) is 2. The van der Waals surface area contributed by atoms with Crippen LogP contribution >= 0.6 is 0 Å². The Bertz CT molecular complexity index is 397. The van der Waals surface area contributed by atoms with E-state index in [-0.39, 0.29) is 6.03 Å². The van der Waals surface area contributed by atoms with E-state index in [0.29, 0.717) is 6.54 Å². The van der Waals surface area contributed by atoms with Gasteiger partial charge in [0.05, 0.1) is 0 Å². The van der Waals surface area contributed by atoms with E-state index in [0.717, 1.165) is 37.2 Å². The number of hydrogen-bond donors (Lipinski definition) is 2. The second-order valence-corrected chi connectivity index (χ2v) is 5.46. The van der Waals surface area contributed by atoms with Crippen molar-refractivity contribution in [3.8, 4) is 0 Å². The standard InChI is InChI=1S/C15H23N3O/c1-12-10-18(11-13(12)2)9-8-16-15(19)17-14-6-4-3-5-7-14/h3-7,12-13H,8-11H2,1-2H3,(H2,16,17,19). The molecule has 2 N–H and O–H groups in total. The van der Waals surface area contributed by atoms with Gasteiger partial charge < -0.3 is 15.5 Å². The van der Waals surface area contributed by atoms with E-state index < -0.39 is 0 Å². The summed E-state index contributed by atoms with van der Waals surface area (Å²) < 4.78 is 0. The second kappa shape index (κ2) is 6.57. The van der Waals surface area contributed by atoms with Crippen LogP contribution in [0, 0.1) is 11.8 Å². The summed E-state index contributed by atoms with van der Waals surface area (Å²) in [6.07, 6.45) is 0. The Labute approximate surface area is 115 Å². The lowest BCUT2D eigenvalue weighted by Gasteiger charge is -2.15. The largest absolute Gasteiger partial charge is 0.337 e. The number of rotatable bonds is 4. The van der Waals surface area contributed by atoms with Crippen LogP contribution in [0.2, 0.25) is 0 Å². The predicted molar refractivity (Wildman–Crippen MR) is 78.2 cm³/mol. The SMILES string of the molecule is CC1CN(CCNC(=O)Nc2ccccc2)CC1C. The van der Waals surface area contributed by atoms with Crippen LogP contribution in [-0.2, 0) is 0 Å². The van der Waals surface area contributed by atoms with Crippen molar-refractivity contribution in [2.45, 2.75) is 13.8 Å². The zero-order chi connectivity index (χ0) is 13.7. The summed E-state index contributed by atoms with van der Waals surface area (Å²) in [5, 5.41) is 5.71. The fourth-order valence-electron chi connectivity index (χ4n) is 2.46. The highest BCUT2D eigenvalue weighted by atomic mass is 16.2. The van der Waals surface area contributed by atoms with E-state index in [4.69, 9.17) is 0 Å². The number of urea groups is 1. The lowest BCUT2D eigenvalue weighted by molar-refractivity contribution is 0.249. The van der Waals surface area contributed by atoms with Crippen LogP contribution in [0.5, 0.6) is 0 Å². The van der Waals surface area contributed by atoms with Gasteiger partial charge in [0.25, 0.3) is 0 Å². The first kappa shape index (κ1) is 13.9. The predicted octanol–water partition coefficient (Wildman–Crippen LogP) is 2.40. The number of nitrogens with one attached hydrogen (secondary N) is 2. The van der Waals surface area contributed by atoms with Gasteiger partial charge >= 0.3 is 6.03 Å². The van der Waals surface area contributed by atoms with Crippen molar-refractivity contribution in [2.75, 3.05) is 31.5 Å². The van der Waals surface area contributed by atoms with Gasteiger partial charge in [-0.25, -0.2) is 4.79 Å². The summed E-state index contributed by atoms with van der Waals surface area (Å²) in [5.41, 5.74) is 0.823. The van der Waals surface area contributed by atoms with Crippen LogP contribution in [0.25, 0.3) is 0 Å². The number of likely N-dealkylation sites (tertiary alicyclic amines) is 1. The van der Waals surface area contributed by atoms with Gasteiger partial charge in [0, 0.05) is 31.9 Å². The van der Waals surface area contributed by atoms with E-state index in [1.54, 1.807) is 0 Å². The van der Waals surface area contributed by atoms with Crippen LogP contribution in [0.4, 0.5) is 10.5 Å². The van der Waals surface area contributed by atoms with Crippen molar-refractivity contribution in [3.05, 3.63) is 30.3 Å². The van der Waals surface area contributed by atoms with E-state index in [2.05, 4.69) is 29.4 Å². The number of anilines is 1. The summed E-state index contributed by atoms with van der Waals surface area (Å²) in [6, 6.07) is 9.36. The summed E-state index contributed by atoms with van der Waals surface area (Å²) in [6.45, 7) is 8.49. The summed E-state index contributed by atoms with van der Waals surface area (Å²) in [7, 11) is 0. The Morgan fingerprint density at radius 1 is 1.21 bits per heavy atom. The number of carbonyl (C=O) groups is 1. The number of benzene rings is 1. The number of para-hydroxylation sites is 1. The molecule has 0 saturated carbocycles. The zero-order valence-electron chi connectivity index (χ0n) is 11.7. The molecule has 4 nitrogen and oxygen atoms in total. The molecule has 4 heteroatoms. The Hall–Kier alpha value is -1.55. The van der Waals surface area contributed by atoms with Crippen molar-refractivity contribution in [3.63, 3.8) is 0 Å². The maximum absolute atomic E-state index is 11.7. The van der Waals surface area contributed by atoms with E-state index in [9.17, 15) is 4.79 Å². The molecule has 2 amide bonds. The second-order valence-electron chi connectivity index (χ2n) is 5.46. The van der Waals surface area contributed by atoms with Crippen LogP contribution in [0.15, 0.2) is 30.3 Å². The first-order valence-electron chi connectivity index (χ1n) is 6.97. The lowest BCUT2D eigenvalue weighted by atomic mass is 10.0. The minimum atomic E-state index is -0.133. The fraction of sp³-hybridized carbons (Fsp3) is 0.533. The molecule has 0 aliphatic carbocycles. The highest BCUT2D eigenvalue weighted by Crippen LogP contribution is 2.21. The van der Waals surface area contributed by atoms with Crippen molar-refractivity contribution in [1.82, 2.24) is 10.2 Å². The third kappa shape index (κ3) is 4.24. The van der Waals surface area contributed by atoms with Crippen LogP contribution in [0.1, 0.15) is 13.8 Å². The van der Waals surface area contributed by atoms with Gasteiger partial charge in [0.2, 0.25) is 0 Å². The normalized spacial score (nSPS) is 23.3. The maximum atomic E-state index is 11.7. The Kier molecular flexibility index (Phi) is 4.80. The van der Waals surface area contributed by atoms with Gasteiger partial charge in [0.1, 0.15) is 0 Å². The number of carbonyl (C=O) groups excluding carboxylic acids is 1. The Morgan fingerprint density at radius 3 is 2.47 bits per heavy atom. The molecule has 2 atom stereocenters. The average Bonchev–Trinajstić information content (AvgIpc) is 2.70. The topological polar surface area (TPSA) is 44.4 Å². The van der Waals surface area contributed by atoms with E-state index in [1.807, 2.05) is 30.3 Å². The molecule has 1 aromatic rings. The maximum Gasteiger partial charge on any atom is 0.319 e. The quantitative estimate of drug-likeness (QED) is 0.874. The summed E-state index contributed by atoms with van der Waals surface area (Å²) >= 11 is 0. The van der Waals surface area contributed by atoms with Crippen molar-refractivity contribution in [2.24, 2.45) is 11.8 Å².